The Hall–Kier alpha value is -2.14. The molecule has 1 aromatic heterocycles. The van der Waals surface area contributed by atoms with Crippen LogP contribution >= 0.6 is 11.8 Å². The van der Waals surface area contributed by atoms with Gasteiger partial charge >= 0.3 is 0 Å². The van der Waals surface area contributed by atoms with Crippen LogP contribution in [0, 0.1) is 6.92 Å². The summed E-state index contributed by atoms with van der Waals surface area (Å²) in [4.78, 5) is 20.6. The van der Waals surface area contributed by atoms with Gasteiger partial charge in [-0.15, -0.1) is 0 Å². The van der Waals surface area contributed by atoms with E-state index >= 15 is 0 Å². The molecular formula is C16H15N3OS. The van der Waals surface area contributed by atoms with Gasteiger partial charge in [0.25, 0.3) is 0 Å². The second-order valence-electron chi connectivity index (χ2n) is 4.83. The summed E-state index contributed by atoms with van der Waals surface area (Å²) in [5.41, 5.74) is 2.41. The zero-order valence-corrected chi connectivity index (χ0v) is 12.4. The summed E-state index contributed by atoms with van der Waals surface area (Å²) in [6, 6.07) is 13.7. The first kappa shape index (κ1) is 13.8. The highest BCUT2D eigenvalue weighted by Gasteiger charge is 2.30. The molecule has 2 aromatic rings. The molecule has 1 aromatic carbocycles. The van der Waals surface area contributed by atoms with Gasteiger partial charge in [0.15, 0.2) is 11.0 Å². The van der Waals surface area contributed by atoms with E-state index < -0.39 is 0 Å². The predicted molar refractivity (Wildman–Crippen MR) is 85.7 cm³/mol. The minimum absolute atomic E-state index is 0.0120. The monoisotopic (exact) mass is 297 g/mol. The molecule has 3 rings (SSSR count). The molecule has 0 radical (unpaired) electrons. The molecule has 0 bridgehead atoms. The molecule has 1 aliphatic rings. The summed E-state index contributed by atoms with van der Waals surface area (Å²) in [5.74, 6) is 0.620. The molecule has 106 valence electrons. The van der Waals surface area contributed by atoms with Crippen molar-refractivity contribution in [2.75, 3.05) is 0 Å². The summed E-state index contributed by atoms with van der Waals surface area (Å²) < 4.78 is 0. The minimum atomic E-state index is -0.131. The molecule has 1 N–H and O–H groups in total. The van der Waals surface area contributed by atoms with Crippen molar-refractivity contribution < 1.29 is 4.79 Å². The molecule has 1 unspecified atom stereocenters. The number of rotatable bonds is 3. The summed E-state index contributed by atoms with van der Waals surface area (Å²) in [6.45, 7) is 2.07. The number of pyridine rings is 1. The van der Waals surface area contributed by atoms with Crippen LogP contribution < -0.4 is 5.32 Å². The van der Waals surface area contributed by atoms with Crippen LogP contribution in [-0.4, -0.2) is 21.3 Å². The number of aromatic nitrogens is 1. The van der Waals surface area contributed by atoms with E-state index in [-0.39, 0.29) is 11.2 Å². The van der Waals surface area contributed by atoms with Crippen LogP contribution in [0.2, 0.25) is 0 Å². The summed E-state index contributed by atoms with van der Waals surface area (Å²) in [7, 11) is 0. The third-order valence-electron chi connectivity index (χ3n) is 3.31. The zero-order valence-electron chi connectivity index (χ0n) is 11.6. The summed E-state index contributed by atoms with van der Waals surface area (Å²) in [5, 5.41) is 3.32. The highest BCUT2D eigenvalue weighted by molar-refractivity contribution is 8.15. The van der Waals surface area contributed by atoms with Gasteiger partial charge in [-0.3, -0.25) is 4.79 Å². The number of nitrogens with zero attached hydrogens (tertiary/aromatic N) is 2. The minimum Gasteiger partial charge on any atom is -0.304 e. The molecule has 1 fully saturated rings. The Morgan fingerprint density at radius 3 is 2.81 bits per heavy atom. The van der Waals surface area contributed by atoms with Crippen molar-refractivity contribution in [1.29, 1.82) is 0 Å². The van der Waals surface area contributed by atoms with Crippen molar-refractivity contribution in [2.24, 2.45) is 4.99 Å². The molecule has 1 aliphatic heterocycles. The molecule has 0 aliphatic carbocycles. The number of aliphatic imine (C=N–C) groups is 1. The Morgan fingerprint density at radius 2 is 2.05 bits per heavy atom. The van der Waals surface area contributed by atoms with E-state index in [0.29, 0.717) is 17.4 Å². The zero-order chi connectivity index (χ0) is 14.7. The Bertz CT molecular complexity index is 685. The number of amides is 1. The van der Waals surface area contributed by atoms with E-state index in [4.69, 9.17) is 0 Å². The van der Waals surface area contributed by atoms with Gasteiger partial charge in [0.2, 0.25) is 5.91 Å². The van der Waals surface area contributed by atoms with E-state index in [9.17, 15) is 4.79 Å². The van der Waals surface area contributed by atoms with Crippen molar-refractivity contribution in [3.05, 3.63) is 59.8 Å². The first-order valence-electron chi connectivity index (χ1n) is 6.74. The van der Waals surface area contributed by atoms with Crippen LogP contribution in [0.4, 0.5) is 5.82 Å². The number of aryl methyl sites for hydroxylation is 1. The lowest BCUT2D eigenvalue weighted by Crippen LogP contribution is -2.26. The normalized spacial score (nSPS) is 19.8. The van der Waals surface area contributed by atoms with Gasteiger partial charge in [0.1, 0.15) is 0 Å². The Kier molecular flexibility index (Phi) is 4.01. The first-order chi connectivity index (χ1) is 10.2. The van der Waals surface area contributed by atoms with Crippen molar-refractivity contribution in [1.82, 2.24) is 10.3 Å². The molecule has 0 saturated carbocycles. The van der Waals surface area contributed by atoms with Crippen LogP contribution in [0.15, 0.2) is 53.7 Å². The first-order valence-corrected chi connectivity index (χ1v) is 7.62. The largest absolute Gasteiger partial charge is 0.304 e. The van der Waals surface area contributed by atoms with Crippen molar-refractivity contribution >= 4 is 28.7 Å². The summed E-state index contributed by atoms with van der Waals surface area (Å²) in [6.07, 6.45) is 2.40. The molecule has 0 spiro atoms. The van der Waals surface area contributed by atoms with E-state index in [2.05, 4.69) is 34.3 Å². The van der Waals surface area contributed by atoms with Crippen molar-refractivity contribution in [2.45, 2.75) is 18.6 Å². The second kappa shape index (κ2) is 6.10. The van der Waals surface area contributed by atoms with Gasteiger partial charge in [-0.25, -0.2) is 9.98 Å². The summed E-state index contributed by atoms with van der Waals surface area (Å²) >= 11 is 1.47. The van der Waals surface area contributed by atoms with Gasteiger partial charge in [-0.2, -0.15) is 0 Å². The van der Waals surface area contributed by atoms with Gasteiger partial charge in [0.05, 0.1) is 5.25 Å². The van der Waals surface area contributed by atoms with Crippen molar-refractivity contribution in [3.63, 3.8) is 0 Å². The third-order valence-corrected chi connectivity index (χ3v) is 4.39. The number of carbonyl (C=O) groups is 1. The number of nitrogens with one attached hydrogen (secondary N) is 1. The molecule has 5 heteroatoms. The fourth-order valence-corrected chi connectivity index (χ4v) is 3.16. The number of hydrogen-bond donors (Lipinski definition) is 1. The van der Waals surface area contributed by atoms with Crippen molar-refractivity contribution in [3.8, 4) is 0 Å². The lowest BCUT2D eigenvalue weighted by atomic mass is 10.0. The molecular weight excluding hydrogens is 282 g/mol. The number of thioether (sulfide) groups is 1. The average molecular weight is 297 g/mol. The lowest BCUT2D eigenvalue weighted by Gasteiger charge is -2.08. The Labute approximate surface area is 127 Å². The quantitative estimate of drug-likeness (QED) is 0.948. The smallest absolute Gasteiger partial charge is 0.239 e. The number of carbonyl (C=O) groups excluding carboxylic acids is 1. The molecule has 1 saturated heterocycles. The topological polar surface area (TPSA) is 54.4 Å². The standard InChI is InChI=1S/C16H15N3OS/c1-11-6-2-3-7-12(11)10-13-15(20)19-16(21-13)18-14-8-4-5-9-17-14/h2-9,13H,10H2,1H3,(H,17,18,19,20). The SMILES string of the molecule is Cc1ccccc1CC1S/C(=N/c2ccccn2)NC1=O. The Balaban J connectivity index is 1.74. The highest BCUT2D eigenvalue weighted by atomic mass is 32.2. The average Bonchev–Trinajstić information content (AvgIpc) is 2.82. The van der Waals surface area contributed by atoms with Gasteiger partial charge in [-0.1, -0.05) is 42.1 Å². The maximum atomic E-state index is 12.1. The van der Waals surface area contributed by atoms with Crippen LogP contribution in [-0.2, 0) is 11.2 Å². The highest BCUT2D eigenvalue weighted by Crippen LogP contribution is 2.25. The van der Waals surface area contributed by atoms with Crippen LogP contribution in [0.1, 0.15) is 11.1 Å². The number of benzene rings is 1. The molecule has 1 atom stereocenters. The fraction of sp³-hybridized carbons (Fsp3) is 0.188. The number of amidine groups is 1. The maximum Gasteiger partial charge on any atom is 0.239 e. The molecule has 4 nitrogen and oxygen atoms in total. The Morgan fingerprint density at radius 1 is 1.24 bits per heavy atom. The lowest BCUT2D eigenvalue weighted by molar-refractivity contribution is -0.118. The van der Waals surface area contributed by atoms with Gasteiger partial charge in [-0.05, 0) is 36.6 Å². The predicted octanol–water partition coefficient (Wildman–Crippen LogP) is 2.85. The third kappa shape index (κ3) is 3.31. The molecule has 2 heterocycles. The van der Waals surface area contributed by atoms with Crippen LogP contribution in [0.5, 0.6) is 0 Å². The van der Waals surface area contributed by atoms with Gasteiger partial charge in [0, 0.05) is 6.20 Å². The van der Waals surface area contributed by atoms with Crippen LogP contribution in [0.25, 0.3) is 0 Å². The van der Waals surface area contributed by atoms with Gasteiger partial charge < -0.3 is 5.32 Å². The number of hydrogen-bond acceptors (Lipinski definition) is 4. The molecule has 21 heavy (non-hydrogen) atoms. The van der Waals surface area contributed by atoms with E-state index in [1.807, 2.05) is 30.3 Å². The van der Waals surface area contributed by atoms with E-state index in [1.54, 1.807) is 6.20 Å². The van der Waals surface area contributed by atoms with Crippen LogP contribution in [0.3, 0.4) is 0 Å². The second-order valence-corrected chi connectivity index (χ2v) is 6.02. The fourth-order valence-electron chi connectivity index (χ4n) is 2.16. The molecule has 1 amide bonds. The van der Waals surface area contributed by atoms with E-state index in [0.717, 1.165) is 0 Å². The maximum absolute atomic E-state index is 12.1. The van der Waals surface area contributed by atoms with E-state index in [1.165, 1.54) is 22.9 Å².